The van der Waals surface area contributed by atoms with Gasteiger partial charge in [-0.3, -0.25) is 4.40 Å². The lowest BCUT2D eigenvalue weighted by atomic mass is 10.1. The predicted octanol–water partition coefficient (Wildman–Crippen LogP) is 3.46. The zero-order chi connectivity index (χ0) is 23.3. The number of fused-ring (bicyclic) bond motifs is 3. The van der Waals surface area contributed by atoms with Gasteiger partial charge in [-0.05, 0) is 48.9 Å². The predicted molar refractivity (Wildman–Crippen MR) is 119 cm³/mol. The van der Waals surface area contributed by atoms with E-state index in [0.717, 1.165) is 34.5 Å². The van der Waals surface area contributed by atoms with Gasteiger partial charge >= 0.3 is 0 Å². The molecule has 0 bridgehead atoms. The molecular weight excluding hydrogens is 448 g/mol. The van der Waals surface area contributed by atoms with Crippen LogP contribution in [0, 0.1) is 29.9 Å². The summed E-state index contributed by atoms with van der Waals surface area (Å²) in [5.41, 5.74) is 3.46. The van der Waals surface area contributed by atoms with E-state index >= 15 is 0 Å². The molecular formula is C23H19F2N5O2S. The van der Waals surface area contributed by atoms with Crippen molar-refractivity contribution in [3.8, 4) is 6.07 Å². The molecule has 0 amide bonds. The van der Waals surface area contributed by atoms with Gasteiger partial charge in [-0.15, -0.1) is 0 Å². The highest BCUT2D eigenvalue weighted by Gasteiger charge is 2.30. The Kier molecular flexibility index (Phi) is 5.03. The smallest absolute Gasteiger partial charge is 0.243 e. The zero-order valence-corrected chi connectivity index (χ0v) is 18.5. The number of imidazole rings is 1. The minimum absolute atomic E-state index is 0.175. The van der Waals surface area contributed by atoms with Crippen LogP contribution in [0.25, 0.3) is 16.7 Å². The number of sulfonamides is 1. The standard InChI is InChI=1S/C23H19F2N5O2S/c1-15-12-22(30-21-5-3-2-4-20(21)27-23(30)17(15)14-26)28-8-10-29(11-9-28)33(31,32)16-6-7-18(24)19(25)13-16/h2-7,12-13H,8-11H2,1H3. The molecule has 5 rings (SSSR count). The summed E-state index contributed by atoms with van der Waals surface area (Å²) in [4.78, 5) is 6.43. The summed E-state index contributed by atoms with van der Waals surface area (Å²) < 4.78 is 56.0. The van der Waals surface area contributed by atoms with Crippen LogP contribution in [0.3, 0.4) is 0 Å². The van der Waals surface area contributed by atoms with Crippen LogP contribution in [0.5, 0.6) is 0 Å². The first-order valence-corrected chi connectivity index (χ1v) is 11.8. The van der Waals surface area contributed by atoms with Gasteiger partial charge in [0.05, 0.1) is 21.5 Å². The summed E-state index contributed by atoms with van der Waals surface area (Å²) in [5.74, 6) is -1.47. The average Bonchev–Trinajstić information content (AvgIpc) is 3.19. The van der Waals surface area contributed by atoms with Crippen LogP contribution >= 0.6 is 0 Å². The molecule has 1 fully saturated rings. The summed E-state index contributed by atoms with van der Waals surface area (Å²) in [6.07, 6.45) is 0. The van der Waals surface area contributed by atoms with E-state index in [2.05, 4.69) is 11.1 Å². The molecule has 1 aliphatic rings. The first kappa shape index (κ1) is 21.3. The maximum Gasteiger partial charge on any atom is 0.243 e. The molecule has 3 heterocycles. The number of rotatable bonds is 3. The lowest BCUT2D eigenvalue weighted by molar-refractivity contribution is 0.383. The van der Waals surface area contributed by atoms with Crippen molar-refractivity contribution in [1.29, 1.82) is 5.26 Å². The zero-order valence-electron chi connectivity index (χ0n) is 17.7. The fraction of sp³-hybridized carbons (Fsp3) is 0.217. The molecule has 0 spiro atoms. The number of nitrogens with zero attached hydrogens (tertiary/aromatic N) is 5. The van der Waals surface area contributed by atoms with E-state index < -0.39 is 21.7 Å². The van der Waals surface area contributed by atoms with Gasteiger partial charge in [0.1, 0.15) is 11.9 Å². The van der Waals surface area contributed by atoms with Crippen LogP contribution in [0.1, 0.15) is 11.1 Å². The Hall–Kier alpha value is -3.55. The number of aromatic nitrogens is 2. The largest absolute Gasteiger partial charge is 0.355 e. The molecule has 1 aliphatic heterocycles. The second-order valence-corrected chi connectivity index (χ2v) is 9.84. The maximum atomic E-state index is 13.6. The first-order chi connectivity index (χ1) is 15.8. The molecule has 0 radical (unpaired) electrons. The van der Waals surface area contributed by atoms with Gasteiger partial charge in [-0.25, -0.2) is 22.2 Å². The van der Waals surface area contributed by atoms with Crippen molar-refractivity contribution in [3.05, 3.63) is 71.3 Å². The Morgan fingerprint density at radius 3 is 2.42 bits per heavy atom. The average molecular weight is 468 g/mol. The fourth-order valence-electron chi connectivity index (χ4n) is 4.25. The highest BCUT2D eigenvalue weighted by Crippen LogP contribution is 2.30. The van der Waals surface area contributed by atoms with Crippen LogP contribution in [-0.2, 0) is 10.0 Å². The number of para-hydroxylation sites is 2. The van der Waals surface area contributed by atoms with E-state index in [9.17, 15) is 22.5 Å². The van der Waals surface area contributed by atoms with E-state index in [1.807, 2.05) is 46.6 Å². The van der Waals surface area contributed by atoms with Gasteiger partial charge < -0.3 is 4.90 Å². The second kappa shape index (κ2) is 7.79. The van der Waals surface area contributed by atoms with Crippen molar-refractivity contribution in [1.82, 2.24) is 13.7 Å². The number of piperazine rings is 1. The molecule has 2 aromatic carbocycles. The Morgan fingerprint density at radius 2 is 1.73 bits per heavy atom. The molecule has 33 heavy (non-hydrogen) atoms. The molecule has 10 heteroatoms. The number of hydrogen-bond acceptors (Lipinski definition) is 5. The number of benzene rings is 2. The van der Waals surface area contributed by atoms with Gasteiger partial charge in [0, 0.05) is 26.2 Å². The minimum atomic E-state index is -3.95. The van der Waals surface area contributed by atoms with Gasteiger partial charge in [-0.2, -0.15) is 9.57 Å². The lowest BCUT2D eigenvalue weighted by Gasteiger charge is -2.35. The van der Waals surface area contributed by atoms with Crippen LogP contribution in [-0.4, -0.2) is 48.3 Å². The molecule has 0 N–H and O–H groups in total. The Morgan fingerprint density at radius 1 is 1.00 bits per heavy atom. The molecule has 7 nitrogen and oxygen atoms in total. The third-order valence-corrected chi connectivity index (χ3v) is 7.85. The van der Waals surface area contributed by atoms with E-state index in [1.54, 1.807) is 0 Å². The van der Waals surface area contributed by atoms with Crippen LogP contribution < -0.4 is 4.90 Å². The molecule has 0 atom stereocenters. The monoisotopic (exact) mass is 467 g/mol. The molecule has 0 saturated carbocycles. The summed E-state index contributed by atoms with van der Waals surface area (Å²) in [7, 11) is -3.95. The van der Waals surface area contributed by atoms with Crippen molar-refractivity contribution in [2.24, 2.45) is 0 Å². The van der Waals surface area contributed by atoms with E-state index in [0.29, 0.717) is 30.4 Å². The summed E-state index contributed by atoms with van der Waals surface area (Å²) in [6, 6.07) is 14.4. The Labute approximate surface area is 189 Å². The summed E-state index contributed by atoms with van der Waals surface area (Å²) in [5, 5.41) is 9.67. The van der Waals surface area contributed by atoms with E-state index in [1.165, 1.54) is 4.31 Å². The molecule has 2 aromatic heterocycles. The number of aryl methyl sites for hydroxylation is 1. The van der Waals surface area contributed by atoms with E-state index in [-0.39, 0.29) is 18.0 Å². The van der Waals surface area contributed by atoms with Gasteiger partial charge in [0.25, 0.3) is 0 Å². The fourth-order valence-corrected chi connectivity index (χ4v) is 5.68. The molecule has 0 aliphatic carbocycles. The number of hydrogen-bond donors (Lipinski definition) is 0. The van der Waals surface area contributed by atoms with Gasteiger partial charge in [0.2, 0.25) is 10.0 Å². The van der Waals surface area contributed by atoms with Crippen molar-refractivity contribution in [2.75, 3.05) is 31.1 Å². The molecule has 168 valence electrons. The maximum absolute atomic E-state index is 13.6. The minimum Gasteiger partial charge on any atom is -0.355 e. The van der Waals surface area contributed by atoms with Gasteiger partial charge in [0.15, 0.2) is 17.3 Å². The summed E-state index contributed by atoms with van der Waals surface area (Å²) in [6.45, 7) is 2.97. The van der Waals surface area contributed by atoms with Crippen molar-refractivity contribution < 1.29 is 17.2 Å². The van der Waals surface area contributed by atoms with Crippen LogP contribution in [0.4, 0.5) is 14.6 Å². The quantitative estimate of drug-likeness (QED) is 0.461. The van der Waals surface area contributed by atoms with Crippen LogP contribution in [0.2, 0.25) is 0 Å². The number of anilines is 1. The third-order valence-electron chi connectivity index (χ3n) is 5.96. The summed E-state index contributed by atoms with van der Waals surface area (Å²) >= 11 is 0. The van der Waals surface area contributed by atoms with Gasteiger partial charge in [-0.1, -0.05) is 12.1 Å². The number of pyridine rings is 1. The highest BCUT2D eigenvalue weighted by molar-refractivity contribution is 7.89. The molecule has 1 saturated heterocycles. The normalized spacial score (nSPS) is 15.3. The number of nitriles is 1. The van der Waals surface area contributed by atoms with Crippen molar-refractivity contribution in [3.63, 3.8) is 0 Å². The highest BCUT2D eigenvalue weighted by atomic mass is 32.2. The Balaban J connectivity index is 1.50. The lowest BCUT2D eigenvalue weighted by Crippen LogP contribution is -2.49. The third kappa shape index (κ3) is 3.41. The molecule has 0 unspecified atom stereocenters. The SMILES string of the molecule is Cc1cc(N2CCN(S(=O)(=O)c3ccc(F)c(F)c3)CC2)n2c(nc3ccccc32)c1C#N. The first-order valence-electron chi connectivity index (χ1n) is 10.3. The van der Waals surface area contributed by atoms with Crippen LogP contribution in [0.15, 0.2) is 53.4 Å². The number of halogens is 2. The molecule has 4 aromatic rings. The van der Waals surface area contributed by atoms with E-state index in [4.69, 9.17) is 0 Å². The second-order valence-electron chi connectivity index (χ2n) is 7.90. The van der Waals surface area contributed by atoms with Crippen molar-refractivity contribution in [2.45, 2.75) is 11.8 Å². The Bertz CT molecular complexity index is 1550. The topological polar surface area (TPSA) is 81.7 Å². The van der Waals surface area contributed by atoms with Crippen molar-refractivity contribution >= 4 is 32.5 Å².